The van der Waals surface area contributed by atoms with Crippen LogP contribution in [0.1, 0.15) is 63.0 Å². The average Bonchev–Trinajstić information content (AvgIpc) is 3.32. The fraction of sp³-hybridized carbons (Fsp3) is 0.421. The van der Waals surface area contributed by atoms with Crippen LogP contribution in [0.5, 0.6) is 0 Å². The highest BCUT2D eigenvalue weighted by atomic mass is 16.7. The van der Waals surface area contributed by atoms with Crippen molar-refractivity contribution in [2.45, 2.75) is 83.9 Å². The third-order valence-corrected chi connectivity index (χ3v) is 9.05. The van der Waals surface area contributed by atoms with E-state index < -0.39 is 60.1 Å². The molecule has 3 atom stereocenters. The zero-order valence-corrected chi connectivity index (χ0v) is 29.9. The first kappa shape index (κ1) is 38.3. The molecular weight excluding hydrogens is 637 g/mol. The van der Waals surface area contributed by atoms with Crippen LogP contribution in [0.15, 0.2) is 84.9 Å². The van der Waals surface area contributed by atoms with Crippen molar-refractivity contribution in [2.24, 2.45) is 5.92 Å². The van der Waals surface area contributed by atoms with Crippen LogP contribution >= 0.6 is 0 Å². The summed E-state index contributed by atoms with van der Waals surface area (Å²) in [6.07, 6.45) is 0.135. The Hall–Kier alpha value is -4.52. The minimum absolute atomic E-state index is 0.135. The van der Waals surface area contributed by atoms with Crippen molar-refractivity contribution in [1.29, 1.82) is 0 Å². The molecule has 266 valence electrons. The second-order valence-corrected chi connectivity index (χ2v) is 13.7. The summed E-state index contributed by atoms with van der Waals surface area (Å²) in [5.74, 6) is -2.61. The molecular formula is C38H48BN3O8. The third-order valence-electron chi connectivity index (χ3n) is 9.05. The van der Waals surface area contributed by atoms with Crippen molar-refractivity contribution in [3.63, 3.8) is 0 Å². The van der Waals surface area contributed by atoms with E-state index in [1.54, 1.807) is 38.1 Å². The van der Waals surface area contributed by atoms with E-state index in [2.05, 4.69) is 16.0 Å². The Morgan fingerprint density at radius 3 is 1.80 bits per heavy atom. The van der Waals surface area contributed by atoms with Gasteiger partial charge in [-0.2, -0.15) is 0 Å². The van der Waals surface area contributed by atoms with Crippen LogP contribution in [0.25, 0.3) is 0 Å². The van der Waals surface area contributed by atoms with E-state index in [0.717, 1.165) is 16.6 Å². The number of esters is 1. The van der Waals surface area contributed by atoms with Crippen LogP contribution in [0.4, 0.5) is 0 Å². The molecule has 1 fully saturated rings. The molecule has 0 saturated carbocycles. The largest absolute Gasteiger partial charge is 0.494 e. The number of benzene rings is 3. The molecule has 3 amide bonds. The van der Waals surface area contributed by atoms with Crippen molar-refractivity contribution < 1.29 is 38.0 Å². The lowest BCUT2D eigenvalue weighted by molar-refractivity contribution is -0.147. The lowest BCUT2D eigenvalue weighted by atomic mass is 9.79. The first-order valence-corrected chi connectivity index (χ1v) is 16.8. The smallest absolute Gasteiger partial charge is 0.467 e. The number of carbonyl (C=O) groups excluding carboxylic acids is 4. The van der Waals surface area contributed by atoms with E-state index in [1.807, 2.05) is 88.4 Å². The maximum absolute atomic E-state index is 13.8. The zero-order chi connectivity index (χ0) is 36.5. The monoisotopic (exact) mass is 685 g/mol. The second-order valence-electron chi connectivity index (χ2n) is 13.7. The van der Waals surface area contributed by atoms with Crippen molar-refractivity contribution in [3.8, 4) is 0 Å². The summed E-state index contributed by atoms with van der Waals surface area (Å²) in [7, 11) is 0.650. The van der Waals surface area contributed by atoms with E-state index in [4.69, 9.17) is 18.8 Å². The summed E-state index contributed by atoms with van der Waals surface area (Å²) in [5.41, 5.74) is 1.80. The molecule has 1 aliphatic rings. The molecule has 3 aromatic rings. The molecule has 50 heavy (non-hydrogen) atoms. The SMILES string of the molecule is COC(=O)[C@H](COCc1ccccc1)NC(=O)[C@H](Cc1ccccc1)NC(=O)[C@@H](NC(=O)c1ccc(B2OC(C)(C)C(C)(C)O2)cc1)C(C)C. The predicted octanol–water partition coefficient (Wildman–Crippen LogP) is 3.34. The lowest BCUT2D eigenvalue weighted by Crippen LogP contribution is -2.58. The van der Waals surface area contributed by atoms with Gasteiger partial charge in [0.15, 0.2) is 6.04 Å². The molecule has 0 bridgehead atoms. The van der Waals surface area contributed by atoms with E-state index in [-0.39, 0.29) is 25.6 Å². The number of nitrogens with one attached hydrogen (secondary N) is 3. The minimum atomic E-state index is -1.12. The zero-order valence-electron chi connectivity index (χ0n) is 29.9. The standard InChI is InChI=1S/C38H48BN3O8/c1-25(2)32(42-33(43)28-18-20-29(21-19-28)39-49-37(3,4)38(5,6)50-39)35(45)40-30(22-26-14-10-8-11-15-26)34(44)41-31(36(46)47-7)24-48-23-27-16-12-9-13-17-27/h8-21,25,30-32H,22-24H2,1-7H3,(H,40,45)(H,41,44)(H,42,43)/t30-,31-,32-/m0/s1. The quantitative estimate of drug-likeness (QED) is 0.164. The molecule has 4 rings (SSSR count). The third kappa shape index (κ3) is 10.0. The fourth-order valence-electron chi connectivity index (χ4n) is 5.30. The molecule has 0 aliphatic carbocycles. The first-order chi connectivity index (χ1) is 23.7. The molecule has 0 radical (unpaired) electrons. The summed E-state index contributed by atoms with van der Waals surface area (Å²) in [4.78, 5) is 53.5. The number of hydrogen-bond acceptors (Lipinski definition) is 8. The fourth-order valence-corrected chi connectivity index (χ4v) is 5.30. The Labute approximate surface area is 294 Å². The highest BCUT2D eigenvalue weighted by Crippen LogP contribution is 2.36. The van der Waals surface area contributed by atoms with E-state index in [1.165, 1.54) is 7.11 Å². The second kappa shape index (κ2) is 16.9. The van der Waals surface area contributed by atoms with Crippen molar-refractivity contribution in [3.05, 3.63) is 102 Å². The van der Waals surface area contributed by atoms with Gasteiger partial charge in [0.25, 0.3) is 5.91 Å². The molecule has 3 N–H and O–H groups in total. The number of carbonyl (C=O) groups is 4. The van der Waals surface area contributed by atoms with Crippen molar-refractivity contribution >= 4 is 36.3 Å². The number of rotatable bonds is 15. The Kier molecular flexibility index (Phi) is 13.0. The van der Waals surface area contributed by atoms with Crippen LogP contribution in [0.2, 0.25) is 0 Å². The predicted molar refractivity (Wildman–Crippen MR) is 190 cm³/mol. The van der Waals surface area contributed by atoms with E-state index in [0.29, 0.717) is 5.56 Å². The Morgan fingerprint density at radius 2 is 1.26 bits per heavy atom. The van der Waals surface area contributed by atoms with Gasteiger partial charge >= 0.3 is 13.1 Å². The van der Waals surface area contributed by atoms with Crippen LogP contribution in [-0.2, 0) is 46.2 Å². The van der Waals surface area contributed by atoms with E-state index >= 15 is 0 Å². The Bertz CT molecular complexity index is 1580. The summed E-state index contributed by atoms with van der Waals surface area (Å²) < 4.78 is 22.9. The van der Waals surface area contributed by atoms with Gasteiger partial charge in [-0.15, -0.1) is 0 Å². The summed E-state index contributed by atoms with van der Waals surface area (Å²) in [6.45, 7) is 11.6. The Morgan fingerprint density at radius 1 is 0.720 bits per heavy atom. The normalized spacial score (nSPS) is 16.6. The number of methoxy groups -OCH3 is 1. The topological polar surface area (TPSA) is 141 Å². The number of amides is 3. The number of hydrogen-bond donors (Lipinski definition) is 3. The van der Waals surface area contributed by atoms with Crippen molar-refractivity contribution in [1.82, 2.24) is 16.0 Å². The molecule has 0 spiro atoms. The van der Waals surface area contributed by atoms with Gasteiger partial charge in [-0.25, -0.2) is 4.79 Å². The van der Waals surface area contributed by atoms with E-state index in [9.17, 15) is 19.2 Å². The van der Waals surface area contributed by atoms with Gasteiger partial charge in [0.2, 0.25) is 11.8 Å². The summed E-state index contributed by atoms with van der Waals surface area (Å²) in [6, 6.07) is 22.3. The average molecular weight is 686 g/mol. The molecule has 12 heteroatoms. The summed E-state index contributed by atoms with van der Waals surface area (Å²) in [5, 5.41) is 8.34. The van der Waals surface area contributed by atoms with Crippen LogP contribution in [-0.4, -0.2) is 73.9 Å². The van der Waals surface area contributed by atoms with Gasteiger partial charge in [0, 0.05) is 12.0 Å². The van der Waals surface area contributed by atoms with Crippen molar-refractivity contribution in [2.75, 3.05) is 13.7 Å². The van der Waals surface area contributed by atoms with Gasteiger partial charge in [-0.1, -0.05) is 86.6 Å². The Balaban J connectivity index is 1.45. The molecule has 11 nitrogen and oxygen atoms in total. The molecule has 3 aromatic carbocycles. The minimum Gasteiger partial charge on any atom is -0.467 e. The molecule has 1 aliphatic heterocycles. The molecule has 1 heterocycles. The highest BCUT2D eigenvalue weighted by molar-refractivity contribution is 6.62. The highest BCUT2D eigenvalue weighted by Gasteiger charge is 2.51. The van der Waals surface area contributed by atoms with Gasteiger partial charge < -0.3 is 34.7 Å². The summed E-state index contributed by atoms with van der Waals surface area (Å²) >= 11 is 0. The van der Waals surface area contributed by atoms with Crippen LogP contribution in [0.3, 0.4) is 0 Å². The van der Waals surface area contributed by atoms with Gasteiger partial charge in [-0.3, -0.25) is 14.4 Å². The maximum atomic E-state index is 13.8. The molecule has 0 unspecified atom stereocenters. The van der Waals surface area contributed by atoms with Gasteiger partial charge in [-0.05, 0) is 62.3 Å². The lowest BCUT2D eigenvalue weighted by Gasteiger charge is -2.32. The molecule has 0 aromatic heterocycles. The van der Waals surface area contributed by atoms with Crippen LogP contribution in [0, 0.1) is 5.92 Å². The van der Waals surface area contributed by atoms with Gasteiger partial charge in [0.05, 0.1) is 31.5 Å². The first-order valence-electron chi connectivity index (χ1n) is 16.8. The maximum Gasteiger partial charge on any atom is 0.494 e. The van der Waals surface area contributed by atoms with Gasteiger partial charge in [0.1, 0.15) is 12.1 Å². The number of ether oxygens (including phenoxy) is 2. The molecule has 1 saturated heterocycles. The van der Waals surface area contributed by atoms with Crippen LogP contribution < -0.4 is 21.4 Å².